The van der Waals surface area contributed by atoms with E-state index in [9.17, 15) is 14.7 Å². The predicted molar refractivity (Wildman–Crippen MR) is 104 cm³/mol. The Morgan fingerprint density at radius 1 is 1.27 bits per heavy atom. The number of hydrogen-bond acceptors (Lipinski definition) is 6. The Morgan fingerprint density at radius 3 is 2.77 bits per heavy atom. The van der Waals surface area contributed by atoms with Gasteiger partial charge in [-0.2, -0.15) is 0 Å². The molecule has 0 saturated carbocycles. The van der Waals surface area contributed by atoms with Crippen LogP contribution >= 0.6 is 27.7 Å². The molecule has 3 heterocycles. The van der Waals surface area contributed by atoms with E-state index >= 15 is 0 Å². The van der Waals surface area contributed by atoms with Crippen molar-refractivity contribution in [3.63, 3.8) is 0 Å². The number of halogens is 1. The first-order valence-electron chi connectivity index (χ1n) is 7.80. The molecule has 1 atom stereocenters. The van der Waals surface area contributed by atoms with Gasteiger partial charge in [0.25, 0.3) is 5.56 Å². The second-order valence-corrected chi connectivity index (χ2v) is 7.92. The van der Waals surface area contributed by atoms with E-state index in [1.807, 2.05) is 22.6 Å². The van der Waals surface area contributed by atoms with Crippen LogP contribution in [0.2, 0.25) is 0 Å². The van der Waals surface area contributed by atoms with E-state index in [1.54, 1.807) is 25.2 Å². The summed E-state index contributed by atoms with van der Waals surface area (Å²) in [5.74, 6) is 0. The molecule has 2 aromatic rings. The Kier molecular flexibility index (Phi) is 3.98. The fourth-order valence-corrected chi connectivity index (χ4v) is 4.37. The largest absolute Gasteiger partial charge is 0.362 e. The van der Waals surface area contributed by atoms with Gasteiger partial charge in [0.15, 0.2) is 5.17 Å². The second-order valence-electron chi connectivity index (χ2n) is 6.14. The highest BCUT2D eigenvalue weighted by Crippen LogP contribution is 2.38. The van der Waals surface area contributed by atoms with Crippen LogP contribution in [0.3, 0.4) is 0 Å². The number of aromatic nitrogens is 2. The van der Waals surface area contributed by atoms with Crippen LogP contribution in [0.4, 0.5) is 0 Å². The molecule has 0 unspecified atom stereocenters. The molecule has 4 rings (SSSR count). The summed E-state index contributed by atoms with van der Waals surface area (Å²) in [6.07, 6.45) is 1.82. The highest BCUT2D eigenvalue weighted by atomic mass is 79.9. The minimum atomic E-state index is -1.90. The van der Waals surface area contributed by atoms with Gasteiger partial charge in [-0.25, -0.2) is 9.79 Å². The summed E-state index contributed by atoms with van der Waals surface area (Å²) in [7, 11) is 3.00. The van der Waals surface area contributed by atoms with E-state index in [0.717, 1.165) is 9.04 Å². The topological polar surface area (TPSA) is 79.8 Å². The van der Waals surface area contributed by atoms with Crippen molar-refractivity contribution in [1.82, 2.24) is 14.0 Å². The molecule has 0 radical (unpaired) electrons. The second kappa shape index (κ2) is 5.97. The van der Waals surface area contributed by atoms with Crippen LogP contribution in [-0.4, -0.2) is 24.3 Å². The van der Waals surface area contributed by atoms with Gasteiger partial charge in [-0.3, -0.25) is 13.9 Å². The lowest BCUT2D eigenvalue weighted by Crippen LogP contribution is -2.46. The van der Waals surface area contributed by atoms with Gasteiger partial charge in [0, 0.05) is 30.3 Å². The Morgan fingerprint density at radius 2 is 2.04 bits per heavy atom. The number of fused-ring (bicyclic) bond motifs is 2. The van der Waals surface area contributed by atoms with Gasteiger partial charge >= 0.3 is 5.69 Å². The molecule has 1 aromatic carbocycles. The molecule has 134 valence electrons. The molecule has 0 spiro atoms. The summed E-state index contributed by atoms with van der Waals surface area (Å²) in [5.41, 5.74) is -1.91. The highest BCUT2D eigenvalue weighted by molar-refractivity contribution is 9.10. The number of amidine groups is 1. The summed E-state index contributed by atoms with van der Waals surface area (Å²) < 4.78 is 3.15. The van der Waals surface area contributed by atoms with E-state index in [-0.39, 0.29) is 12.1 Å². The van der Waals surface area contributed by atoms with Crippen molar-refractivity contribution in [2.45, 2.75) is 12.3 Å². The van der Waals surface area contributed by atoms with Crippen LogP contribution in [0, 0.1) is 0 Å². The molecule has 0 amide bonds. The quantitative estimate of drug-likeness (QED) is 0.734. The zero-order chi connectivity index (χ0) is 18.6. The van der Waals surface area contributed by atoms with Crippen molar-refractivity contribution in [1.29, 1.82) is 0 Å². The zero-order valence-electron chi connectivity index (χ0n) is 14.0. The van der Waals surface area contributed by atoms with Crippen molar-refractivity contribution in [2.24, 2.45) is 19.1 Å². The van der Waals surface area contributed by atoms with E-state index < -0.39 is 17.0 Å². The first kappa shape index (κ1) is 17.3. The van der Waals surface area contributed by atoms with Crippen molar-refractivity contribution in [3.8, 4) is 0 Å². The minimum Gasteiger partial charge on any atom is -0.362 e. The number of thioether (sulfide) groups is 1. The van der Waals surface area contributed by atoms with Gasteiger partial charge in [-0.15, -0.1) is 0 Å². The molecule has 0 saturated heterocycles. The van der Waals surface area contributed by atoms with E-state index in [0.29, 0.717) is 16.4 Å². The maximum Gasteiger partial charge on any atom is 0.330 e. The molecule has 0 aliphatic carbocycles. The summed E-state index contributed by atoms with van der Waals surface area (Å²) in [5, 5.41) is 14.1. The summed E-state index contributed by atoms with van der Waals surface area (Å²) in [4.78, 5) is 31.8. The van der Waals surface area contributed by atoms with Gasteiger partial charge < -0.3 is 10.0 Å². The number of aliphatic imine (C=N–C) groups is 1. The third-order valence-corrected chi connectivity index (χ3v) is 5.89. The van der Waals surface area contributed by atoms with Crippen LogP contribution in [0.15, 0.2) is 54.9 Å². The number of rotatable bonds is 1. The lowest BCUT2D eigenvalue weighted by molar-refractivity contribution is 0.0880. The van der Waals surface area contributed by atoms with Crippen LogP contribution in [0.1, 0.15) is 16.8 Å². The SMILES string of the molecule is Cn1c2c(c(=O)n(C)c1=O)[C@](O)(c1cccc(Br)c1)N=C1SC=CN1C2. The van der Waals surface area contributed by atoms with Crippen molar-refractivity contribution < 1.29 is 5.11 Å². The molecule has 1 aromatic heterocycles. The first-order chi connectivity index (χ1) is 12.3. The van der Waals surface area contributed by atoms with Gasteiger partial charge in [0.2, 0.25) is 5.72 Å². The average molecular weight is 435 g/mol. The number of aliphatic hydroxyl groups is 1. The molecule has 0 bridgehead atoms. The first-order valence-corrected chi connectivity index (χ1v) is 9.48. The average Bonchev–Trinajstić information content (AvgIpc) is 2.99. The summed E-state index contributed by atoms with van der Waals surface area (Å²) in [6.45, 7) is 0.274. The van der Waals surface area contributed by atoms with Gasteiger partial charge in [0.05, 0.1) is 17.8 Å². The van der Waals surface area contributed by atoms with Crippen molar-refractivity contribution in [2.75, 3.05) is 0 Å². The summed E-state index contributed by atoms with van der Waals surface area (Å²) >= 11 is 4.76. The van der Waals surface area contributed by atoms with Crippen LogP contribution in [-0.2, 0) is 26.4 Å². The predicted octanol–water partition coefficient (Wildman–Crippen LogP) is 1.43. The lowest BCUT2D eigenvalue weighted by atomic mass is 9.94. The molecular weight excluding hydrogens is 420 g/mol. The van der Waals surface area contributed by atoms with Gasteiger partial charge in [-0.1, -0.05) is 39.8 Å². The monoisotopic (exact) mass is 434 g/mol. The Labute approximate surface area is 161 Å². The molecule has 0 fully saturated rings. The van der Waals surface area contributed by atoms with E-state index in [4.69, 9.17) is 0 Å². The Bertz CT molecular complexity index is 1100. The highest BCUT2D eigenvalue weighted by Gasteiger charge is 2.42. The molecule has 7 nitrogen and oxygen atoms in total. The molecule has 9 heteroatoms. The molecule has 2 aliphatic heterocycles. The molecule has 2 aliphatic rings. The van der Waals surface area contributed by atoms with Gasteiger partial charge in [0.1, 0.15) is 0 Å². The van der Waals surface area contributed by atoms with Crippen LogP contribution in [0.5, 0.6) is 0 Å². The minimum absolute atomic E-state index is 0.0936. The lowest BCUT2D eigenvalue weighted by Gasteiger charge is -2.26. The smallest absolute Gasteiger partial charge is 0.330 e. The molecular formula is C17H15BrN4O3S. The maximum absolute atomic E-state index is 13.0. The van der Waals surface area contributed by atoms with Gasteiger partial charge in [-0.05, 0) is 17.5 Å². The van der Waals surface area contributed by atoms with Crippen molar-refractivity contribution in [3.05, 3.63) is 78.0 Å². The molecule has 1 N–H and O–H groups in total. The van der Waals surface area contributed by atoms with Crippen molar-refractivity contribution >= 4 is 32.9 Å². The normalized spacial score (nSPS) is 21.2. The fourth-order valence-electron chi connectivity index (χ4n) is 3.20. The fraction of sp³-hybridized carbons (Fsp3) is 0.235. The zero-order valence-corrected chi connectivity index (χ0v) is 16.4. The van der Waals surface area contributed by atoms with E-state index in [2.05, 4.69) is 20.9 Å². The molecule has 26 heavy (non-hydrogen) atoms. The number of benzene rings is 1. The third kappa shape index (κ3) is 2.42. The van der Waals surface area contributed by atoms with E-state index in [1.165, 1.54) is 23.4 Å². The number of nitrogens with zero attached hydrogens (tertiary/aromatic N) is 4. The van der Waals surface area contributed by atoms with Crippen LogP contribution < -0.4 is 11.2 Å². The summed E-state index contributed by atoms with van der Waals surface area (Å²) in [6, 6.07) is 7.04. The maximum atomic E-state index is 13.0. The van der Waals surface area contributed by atoms with Crippen LogP contribution in [0.25, 0.3) is 0 Å². The third-order valence-electron chi connectivity index (χ3n) is 4.60. The standard InChI is InChI=1S/C17H15BrN4O3S/c1-20-12-9-22-6-7-26-15(22)19-17(25,10-4-3-5-11(18)8-10)13(12)14(23)21(2)16(20)24/h3-8,25H,9H2,1-2H3/t17-/m1/s1. The Balaban J connectivity index is 2.14. The number of hydrogen-bond donors (Lipinski definition) is 1. The Hall–Kier alpha value is -2.10.